The minimum atomic E-state index is -0.413. The molecule has 1 atom stereocenters. The van der Waals surface area contributed by atoms with Crippen molar-refractivity contribution < 1.29 is 9.13 Å². The largest absolute Gasteiger partial charge is 0.362 e. The third kappa shape index (κ3) is 2.44. The van der Waals surface area contributed by atoms with E-state index in [1.165, 1.54) is 6.07 Å². The first-order valence-corrected chi connectivity index (χ1v) is 4.58. The highest BCUT2D eigenvalue weighted by molar-refractivity contribution is 6.30. The second-order valence-electron chi connectivity index (χ2n) is 3.23. The Morgan fingerprint density at radius 2 is 2.07 bits per heavy atom. The highest BCUT2D eigenvalue weighted by atomic mass is 35.5. The molecule has 0 fully saturated rings. The summed E-state index contributed by atoms with van der Waals surface area (Å²) in [6, 6.07) is 4.58. The predicted octanol–water partition coefficient (Wildman–Crippen LogP) is 2.69. The number of benzene rings is 1. The lowest BCUT2D eigenvalue weighted by molar-refractivity contribution is -0.00543. The maximum atomic E-state index is 12.9. The smallest absolute Gasteiger partial charge is 0.141 e. The molecule has 0 saturated heterocycles. The van der Waals surface area contributed by atoms with E-state index in [9.17, 15) is 4.39 Å². The van der Waals surface area contributed by atoms with Crippen LogP contribution in [0.25, 0.3) is 0 Å². The molecule has 14 heavy (non-hydrogen) atoms. The van der Waals surface area contributed by atoms with Gasteiger partial charge in [-0.05, 0) is 31.8 Å². The topological polar surface area (TPSA) is 12.5 Å². The summed E-state index contributed by atoms with van der Waals surface area (Å²) in [5.74, 6) is -0.413. The van der Waals surface area contributed by atoms with Crippen molar-refractivity contribution in [1.29, 1.82) is 0 Å². The summed E-state index contributed by atoms with van der Waals surface area (Å²) >= 11 is 5.67. The van der Waals surface area contributed by atoms with Gasteiger partial charge in [0, 0.05) is 7.11 Å². The van der Waals surface area contributed by atoms with E-state index in [1.807, 2.05) is 19.0 Å². The van der Waals surface area contributed by atoms with Crippen LogP contribution >= 0.6 is 11.6 Å². The molecular formula is C10H13ClFNO. The third-order valence-corrected chi connectivity index (χ3v) is 2.21. The van der Waals surface area contributed by atoms with E-state index in [4.69, 9.17) is 16.3 Å². The Kier molecular flexibility index (Phi) is 3.86. The average Bonchev–Trinajstić information content (AvgIpc) is 2.11. The van der Waals surface area contributed by atoms with Crippen molar-refractivity contribution in [2.75, 3.05) is 21.2 Å². The molecular weight excluding hydrogens is 205 g/mol. The van der Waals surface area contributed by atoms with Crippen LogP contribution in [0, 0.1) is 5.82 Å². The Labute approximate surface area is 88.2 Å². The Balaban J connectivity index is 3.00. The Hall–Kier alpha value is -0.640. The van der Waals surface area contributed by atoms with E-state index in [2.05, 4.69) is 0 Å². The lowest BCUT2D eigenvalue weighted by Gasteiger charge is -2.23. The van der Waals surface area contributed by atoms with Crippen LogP contribution in [-0.2, 0) is 4.74 Å². The molecule has 4 heteroatoms. The van der Waals surface area contributed by atoms with Gasteiger partial charge < -0.3 is 4.74 Å². The molecule has 0 radical (unpaired) electrons. The summed E-state index contributed by atoms with van der Waals surface area (Å²) < 4.78 is 18.1. The SMILES string of the molecule is COC(c1ccc(F)c(Cl)c1)N(C)C. The second-order valence-corrected chi connectivity index (χ2v) is 3.63. The van der Waals surface area contributed by atoms with E-state index >= 15 is 0 Å². The van der Waals surface area contributed by atoms with Gasteiger partial charge >= 0.3 is 0 Å². The number of hydrogen-bond acceptors (Lipinski definition) is 2. The summed E-state index contributed by atoms with van der Waals surface area (Å²) in [5, 5.41) is 0.117. The fourth-order valence-corrected chi connectivity index (χ4v) is 1.50. The molecule has 1 aromatic rings. The first-order chi connectivity index (χ1) is 6.56. The summed E-state index contributed by atoms with van der Waals surface area (Å²) in [6.45, 7) is 0. The summed E-state index contributed by atoms with van der Waals surface area (Å²) in [7, 11) is 5.36. The molecule has 1 rings (SSSR count). The number of hydrogen-bond donors (Lipinski definition) is 0. The molecule has 0 spiro atoms. The van der Waals surface area contributed by atoms with E-state index in [-0.39, 0.29) is 11.3 Å². The van der Waals surface area contributed by atoms with Crippen molar-refractivity contribution in [2.45, 2.75) is 6.23 Å². The van der Waals surface area contributed by atoms with Crippen LogP contribution in [0.2, 0.25) is 5.02 Å². The van der Waals surface area contributed by atoms with Crippen LogP contribution in [0.3, 0.4) is 0 Å². The number of rotatable bonds is 3. The second kappa shape index (κ2) is 4.73. The lowest BCUT2D eigenvalue weighted by atomic mass is 10.2. The van der Waals surface area contributed by atoms with Gasteiger partial charge in [0.1, 0.15) is 12.0 Å². The number of ether oxygens (including phenoxy) is 1. The maximum absolute atomic E-state index is 12.9. The highest BCUT2D eigenvalue weighted by Gasteiger charge is 2.13. The monoisotopic (exact) mass is 217 g/mol. The molecule has 0 N–H and O–H groups in total. The van der Waals surface area contributed by atoms with Gasteiger partial charge in [-0.1, -0.05) is 17.7 Å². The molecule has 0 aliphatic heterocycles. The normalized spacial score (nSPS) is 13.3. The van der Waals surface area contributed by atoms with E-state index in [0.29, 0.717) is 0 Å². The van der Waals surface area contributed by atoms with Crippen molar-refractivity contribution >= 4 is 11.6 Å². The molecule has 0 aliphatic carbocycles. The Morgan fingerprint density at radius 1 is 1.43 bits per heavy atom. The van der Waals surface area contributed by atoms with Crippen molar-refractivity contribution in [3.05, 3.63) is 34.6 Å². The van der Waals surface area contributed by atoms with Crippen molar-refractivity contribution in [2.24, 2.45) is 0 Å². The van der Waals surface area contributed by atoms with Crippen molar-refractivity contribution in [3.63, 3.8) is 0 Å². The predicted molar refractivity (Wildman–Crippen MR) is 54.8 cm³/mol. The van der Waals surface area contributed by atoms with Crippen LogP contribution in [-0.4, -0.2) is 26.1 Å². The summed E-state index contributed by atoms with van der Waals surface area (Å²) in [6.07, 6.45) is -0.201. The van der Waals surface area contributed by atoms with E-state index < -0.39 is 5.82 Å². The first kappa shape index (κ1) is 11.4. The van der Waals surface area contributed by atoms with Gasteiger partial charge in [-0.25, -0.2) is 4.39 Å². The fraction of sp³-hybridized carbons (Fsp3) is 0.400. The Bertz CT molecular complexity index is 317. The Morgan fingerprint density at radius 3 is 2.50 bits per heavy atom. The molecule has 2 nitrogen and oxygen atoms in total. The van der Waals surface area contributed by atoms with Gasteiger partial charge in [0.2, 0.25) is 0 Å². The molecule has 0 aliphatic rings. The number of methoxy groups -OCH3 is 1. The molecule has 78 valence electrons. The quantitative estimate of drug-likeness (QED) is 0.722. The van der Waals surface area contributed by atoms with Crippen LogP contribution in [0.5, 0.6) is 0 Å². The van der Waals surface area contributed by atoms with Crippen LogP contribution in [0.4, 0.5) is 4.39 Å². The average molecular weight is 218 g/mol. The number of halogens is 2. The maximum Gasteiger partial charge on any atom is 0.141 e. The van der Waals surface area contributed by atoms with E-state index in [0.717, 1.165) is 5.56 Å². The van der Waals surface area contributed by atoms with Gasteiger partial charge in [-0.2, -0.15) is 0 Å². The van der Waals surface area contributed by atoms with Gasteiger partial charge in [0.05, 0.1) is 5.02 Å². The van der Waals surface area contributed by atoms with Crippen LogP contribution in [0.15, 0.2) is 18.2 Å². The zero-order chi connectivity index (χ0) is 10.7. The standard InChI is InChI=1S/C10H13ClFNO/c1-13(2)10(14-3)7-4-5-9(12)8(11)6-7/h4-6,10H,1-3H3. The van der Waals surface area contributed by atoms with E-state index in [1.54, 1.807) is 19.2 Å². The zero-order valence-corrected chi connectivity index (χ0v) is 9.18. The highest BCUT2D eigenvalue weighted by Crippen LogP contribution is 2.23. The van der Waals surface area contributed by atoms with Crippen LogP contribution in [0.1, 0.15) is 11.8 Å². The minimum absolute atomic E-state index is 0.117. The lowest BCUT2D eigenvalue weighted by Crippen LogP contribution is -2.21. The first-order valence-electron chi connectivity index (χ1n) is 4.20. The fourth-order valence-electron chi connectivity index (χ4n) is 1.31. The molecule has 1 unspecified atom stereocenters. The molecule has 0 saturated carbocycles. The summed E-state index contributed by atoms with van der Waals surface area (Å²) in [5.41, 5.74) is 0.837. The van der Waals surface area contributed by atoms with Gasteiger partial charge in [0.25, 0.3) is 0 Å². The van der Waals surface area contributed by atoms with Crippen molar-refractivity contribution in [1.82, 2.24) is 4.90 Å². The van der Waals surface area contributed by atoms with Gasteiger partial charge in [-0.3, -0.25) is 4.90 Å². The van der Waals surface area contributed by atoms with Gasteiger partial charge in [-0.15, -0.1) is 0 Å². The van der Waals surface area contributed by atoms with Crippen LogP contribution < -0.4 is 0 Å². The third-order valence-electron chi connectivity index (χ3n) is 1.92. The number of nitrogens with zero attached hydrogens (tertiary/aromatic N) is 1. The summed E-state index contributed by atoms with van der Waals surface area (Å²) in [4.78, 5) is 1.88. The van der Waals surface area contributed by atoms with Gasteiger partial charge in [0.15, 0.2) is 0 Å². The molecule has 0 aromatic heterocycles. The molecule has 0 amide bonds. The zero-order valence-electron chi connectivity index (χ0n) is 8.42. The minimum Gasteiger partial charge on any atom is -0.362 e. The van der Waals surface area contributed by atoms with Crippen molar-refractivity contribution in [3.8, 4) is 0 Å². The molecule has 0 bridgehead atoms. The molecule has 1 aromatic carbocycles. The molecule has 0 heterocycles.